The van der Waals surface area contributed by atoms with Gasteiger partial charge in [0.25, 0.3) is 5.91 Å². The van der Waals surface area contributed by atoms with Crippen molar-refractivity contribution in [2.75, 3.05) is 26.2 Å². The molecular weight excluding hydrogens is 286 g/mol. The summed E-state index contributed by atoms with van der Waals surface area (Å²) in [7, 11) is 0. The van der Waals surface area contributed by atoms with Crippen molar-refractivity contribution < 1.29 is 4.79 Å². The van der Waals surface area contributed by atoms with Gasteiger partial charge in [-0.15, -0.1) is 0 Å². The second-order valence-electron chi connectivity index (χ2n) is 6.81. The molecule has 4 nitrogen and oxygen atoms in total. The first-order valence-electron chi connectivity index (χ1n) is 8.83. The van der Waals surface area contributed by atoms with E-state index >= 15 is 0 Å². The van der Waals surface area contributed by atoms with Crippen molar-refractivity contribution in [3.05, 3.63) is 36.0 Å². The molecule has 1 N–H and O–H groups in total. The van der Waals surface area contributed by atoms with E-state index < -0.39 is 0 Å². The topological polar surface area (TPSA) is 39.3 Å². The number of fused-ring (bicyclic) bond motifs is 1. The van der Waals surface area contributed by atoms with Gasteiger partial charge in [0, 0.05) is 47.9 Å². The largest absolute Gasteiger partial charge is 0.361 e. The van der Waals surface area contributed by atoms with Crippen molar-refractivity contribution >= 4 is 16.8 Å². The molecule has 2 saturated heterocycles. The molecule has 121 valence electrons. The van der Waals surface area contributed by atoms with E-state index in [2.05, 4.69) is 16.0 Å². The maximum absolute atomic E-state index is 12.7. The zero-order chi connectivity index (χ0) is 15.6. The van der Waals surface area contributed by atoms with Crippen LogP contribution in [0, 0.1) is 6.07 Å². The number of likely N-dealkylation sites (tertiary alicyclic amines) is 2. The van der Waals surface area contributed by atoms with Gasteiger partial charge in [0.05, 0.1) is 0 Å². The first kappa shape index (κ1) is 14.8. The van der Waals surface area contributed by atoms with Gasteiger partial charge >= 0.3 is 0 Å². The molecule has 23 heavy (non-hydrogen) atoms. The van der Waals surface area contributed by atoms with Crippen LogP contribution in [0.3, 0.4) is 0 Å². The number of amides is 1. The smallest absolute Gasteiger partial charge is 0.253 e. The van der Waals surface area contributed by atoms with Gasteiger partial charge in [-0.25, -0.2) is 0 Å². The van der Waals surface area contributed by atoms with E-state index in [0.29, 0.717) is 6.04 Å². The molecule has 2 aliphatic rings. The lowest BCUT2D eigenvalue weighted by atomic mass is 9.99. The average Bonchev–Trinajstić information content (AvgIpc) is 3.10. The highest BCUT2D eigenvalue weighted by atomic mass is 16.2. The van der Waals surface area contributed by atoms with Gasteiger partial charge < -0.3 is 14.8 Å². The Kier molecular flexibility index (Phi) is 4.08. The molecule has 1 amide bonds. The van der Waals surface area contributed by atoms with Gasteiger partial charge in [0.1, 0.15) is 0 Å². The van der Waals surface area contributed by atoms with Crippen LogP contribution in [0.5, 0.6) is 0 Å². The first-order valence-corrected chi connectivity index (χ1v) is 8.83. The fourth-order valence-corrected chi connectivity index (χ4v) is 4.01. The van der Waals surface area contributed by atoms with Gasteiger partial charge in [-0.1, -0.05) is 12.5 Å². The van der Waals surface area contributed by atoms with Crippen LogP contribution >= 0.6 is 0 Å². The maximum atomic E-state index is 12.7. The van der Waals surface area contributed by atoms with Crippen molar-refractivity contribution in [3.63, 3.8) is 0 Å². The third kappa shape index (κ3) is 3.00. The zero-order valence-electron chi connectivity index (χ0n) is 13.6. The monoisotopic (exact) mass is 310 g/mol. The summed E-state index contributed by atoms with van der Waals surface area (Å²) in [6.07, 6.45) is 8.09. The van der Waals surface area contributed by atoms with Crippen LogP contribution in [-0.4, -0.2) is 52.9 Å². The summed E-state index contributed by atoms with van der Waals surface area (Å²) in [5, 5.41) is 1.03. The molecule has 1 aromatic heterocycles. The lowest BCUT2D eigenvalue weighted by Crippen LogP contribution is -2.48. The summed E-state index contributed by atoms with van der Waals surface area (Å²) in [6, 6.07) is 9.65. The van der Waals surface area contributed by atoms with E-state index in [1.807, 2.05) is 23.1 Å². The van der Waals surface area contributed by atoms with Gasteiger partial charge in [0.15, 0.2) is 0 Å². The third-order valence-corrected chi connectivity index (χ3v) is 5.38. The SMILES string of the molecule is O=C(c1ccc2[c]c[nH]c2c1)N1CCC(N2CCCCC2)CC1. The number of hydrogen-bond donors (Lipinski definition) is 1. The number of hydrogen-bond acceptors (Lipinski definition) is 2. The molecular formula is C19H24N3O. The summed E-state index contributed by atoms with van der Waals surface area (Å²) in [5.41, 5.74) is 1.77. The summed E-state index contributed by atoms with van der Waals surface area (Å²) < 4.78 is 0. The number of rotatable bonds is 2. The molecule has 0 bridgehead atoms. The molecule has 0 aliphatic carbocycles. The van der Waals surface area contributed by atoms with Gasteiger partial charge in [-0.3, -0.25) is 4.79 Å². The van der Waals surface area contributed by atoms with Crippen LogP contribution in [0.1, 0.15) is 42.5 Å². The van der Waals surface area contributed by atoms with Crippen LogP contribution < -0.4 is 0 Å². The van der Waals surface area contributed by atoms with Crippen molar-refractivity contribution in [2.45, 2.75) is 38.1 Å². The van der Waals surface area contributed by atoms with Crippen molar-refractivity contribution in [2.24, 2.45) is 0 Å². The number of aromatic amines is 1. The standard InChI is InChI=1S/C19H24N3O/c23-19(16-5-4-15-6-9-20-18(15)14-16)22-12-7-17(8-13-22)21-10-2-1-3-11-21/h4-5,9,14,17,20H,1-3,7-8,10-13H2. The van der Waals surface area contributed by atoms with Crippen molar-refractivity contribution in [1.29, 1.82) is 0 Å². The number of piperidine rings is 2. The minimum absolute atomic E-state index is 0.165. The average molecular weight is 310 g/mol. The molecule has 2 fully saturated rings. The molecule has 0 unspecified atom stereocenters. The Morgan fingerprint density at radius 2 is 1.87 bits per heavy atom. The summed E-state index contributed by atoms with van der Waals surface area (Å²) in [6.45, 7) is 4.26. The Morgan fingerprint density at radius 1 is 1.09 bits per heavy atom. The lowest BCUT2D eigenvalue weighted by molar-refractivity contribution is 0.0590. The Balaban J connectivity index is 1.40. The van der Waals surface area contributed by atoms with E-state index in [4.69, 9.17) is 0 Å². The molecule has 0 atom stereocenters. The van der Waals surface area contributed by atoms with E-state index in [1.54, 1.807) is 6.20 Å². The summed E-state index contributed by atoms with van der Waals surface area (Å²) in [5.74, 6) is 0.165. The Bertz CT molecular complexity index is 679. The molecule has 2 aromatic rings. The fraction of sp³-hybridized carbons (Fsp3) is 0.526. The van der Waals surface area contributed by atoms with Crippen molar-refractivity contribution in [1.82, 2.24) is 14.8 Å². The second kappa shape index (κ2) is 6.36. The number of carbonyl (C=O) groups excluding carboxylic acids is 1. The number of nitrogens with zero attached hydrogens (tertiary/aromatic N) is 2. The Morgan fingerprint density at radius 3 is 2.65 bits per heavy atom. The Labute approximate surface area is 137 Å². The minimum Gasteiger partial charge on any atom is -0.361 e. The molecule has 0 spiro atoms. The highest BCUT2D eigenvalue weighted by Gasteiger charge is 2.28. The second-order valence-corrected chi connectivity index (χ2v) is 6.81. The number of carbonyl (C=O) groups is 1. The molecule has 4 rings (SSSR count). The predicted octanol–water partition coefficient (Wildman–Crippen LogP) is 3.06. The van der Waals surface area contributed by atoms with Crippen LogP contribution in [0.4, 0.5) is 0 Å². The summed E-state index contributed by atoms with van der Waals surface area (Å²) in [4.78, 5) is 20.5. The molecule has 1 radical (unpaired) electrons. The lowest BCUT2D eigenvalue weighted by Gasteiger charge is -2.40. The van der Waals surface area contributed by atoms with Crippen LogP contribution in [0.2, 0.25) is 0 Å². The molecule has 2 aliphatic heterocycles. The van der Waals surface area contributed by atoms with E-state index in [9.17, 15) is 4.79 Å². The van der Waals surface area contributed by atoms with Crippen LogP contribution in [0.15, 0.2) is 24.4 Å². The molecule has 0 saturated carbocycles. The van der Waals surface area contributed by atoms with E-state index in [1.165, 1.54) is 32.4 Å². The van der Waals surface area contributed by atoms with E-state index in [-0.39, 0.29) is 5.91 Å². The Hall–Kier alpha value is -1.81. The fourth-order valence-electron chi connectivity index (χ4n) is 4.01. The van der Waals surface area contributed by atoms with Gasteiger partial charge in [-0.2, -0.15) is 0 Å². The maximum Gasteiger partial charge on any atom is 0.253 e. The van der Waals surface area contributed by atoms with Gasteiger partial charge in [0.2, 0.25) is 0 Å². The number of H-pyrrole nitrogens is 1. The number of benzene rings is 1. The number of aromatic nitrogens is 1. The van der Waals surface area contributed by atoms with Crippen LogP contribution in [-0.2, 0) is 0 Å². The molecule has 3 heterocycles. The van der Waals surface area contributed by atoms with Crippen molar-refractivity contribution in [3.8, 4) is 0 Å². The van der Waals surface area contributed by atoms with Crippen LogP contribution in [0.25, 0.3) is 10.9 Å². The number of nitrogens with one attached hydrogen (secondary N) is 1. The zero-order valence-corrected chi connectivity index (χ0v) is 13.6. The highest BCUT2D eigenvalue weighted by molar-refractivity contribution is 5.97. The summed E-state index contributed by atoms with van der Waals surface area (Å²) >= 11 is 0. The highest BCUT2D eigenvalue weighted by Crippen LogP contribution is 2.22. The van der Waals surface area contributed by atoms with Gasteiger partial charge in [-0.05, 0) is 50.9 Å². The minimum atomic E-state index is 0.165. The quantitative estimate of drug-likeness (QED) is 0.926. The van der Waals surface area contributed by atoms with E-state index in [0.717, 1.165) is 42.4 Å². The normalized spacial score (nSPS) is 21.0. The third-order valence-electron chi connectivity index (χ3n) is 5.38. The molecule has 4 heteroatoms. The first-order chi connectivity index (χ1) is 11.3. The molecule has 1 aromatic carbocycles. The predicted molar refractivity (Wildman–Crippen MR) is 91.5 cm³/mol.